The summed E-state index contributed by atoms with van der Waals surface area (Å²) in [5.41, 5.74) is 7.38. The van der Waals surface area contributed by atoms with E-state index in [1.807, 2.05) is 6.07 Å². The fourth-order valence-corrected chi connectivity index (χ4v) is 3.72. The molecule has 3 heteroatoms. The number of hydrogen-bond donors (Lipinski definition) is 1. The SMILES string of the molecule is CC(C)(N)C1(c2nc3ccccc3s2)CC1. The molecule has 0 atom stereocenters. The molecule has 1 fully saturated rings. The molecule has 0 amide bonds. The van der Waals surface area contributed by atoms with Crippen molar-refractivity contribution in [2.45, 2.75) is 37.6 Å². The van der Waals surface area contributed by atoms with Gasteiger partial charge in [-0.3, -0.25) is 0 Å². The van der Waals surface area contributed by atoms with Gasteiger partial charge >= 0.3 is 0 Å². The van der Waals surface area contributed by atoms with Crippen LogP contribution in [-0.4, -0.2) is 10.5 Å². The molecule has 0 unspecified atom stereocenters. The van der Waals surface area contributed by atoms with Crippen LogP contribution < -0.4 is 5.73 Å². The van der Waals surface area contributed by atoms with Crippen molar-refractivity contribution in [1.82, 2.24) is 4.98 Å². The minimum atomic E-state index is -0.166. The fraction of sp³-hybridized carbons (Fsp3) is 0.462. The van der Waals surface area contributed by atoms with Crippen molar-refractivity contribution in [1.29, 1.82) is 0 Å². The lowest BCUT2D eigenvalue weighted by Crippen LogP contribution is -2.45. The molecule has 2 N–H and O–H groups in total. The zero-order valence-electron chi connectivity index (χ0n) is 9.66. The number of rotatable bonds is 2. The Bertz CT molecular complexity index is 499. The Balaban J connectivity index is 2.14. The van der Waals surface area contributed by atoms with Crippen molar-refractivity contribution in [3.8, 4) is 0 Å². The summed E-state index contributed by atoms with van der Waals surface area (Å²) in [4.78, 5) is 4.75. The molecule has 0 spiro atoms. The highest BCUT2D eigenvalue weighted by molar-refractivity contribution is 7.18. The van der Waals surface area contributed by atoms with Gasteiger partial charge in [0.05, 0.1) is 10.2 Å². The average Bonchev–Trinajstić information content (AvgIpc) is 2.92. The maximum Gasteiger partial charge on any atom is 0.102 e. The number of fused-ring (bicyclic) bond motifs is 1. The van der Waals surface area contributed by atoms with Crippen molar-refractivity contribution in [2.24, 2.45) is 5.73 Å². The minimum Gasteiger partial charge on any atom is -0.325 e. The third kappa shape index (κ3) is 1.31. The first-order valence-electron chi connectivity index (χ1n) is 5.68. The first-order chi connectivity index (χ1) is 7.53. The molecule has 2 aromatic rings. The molecule has 0 radical (unpaired) electrons. The van der Waals surface area contributed by atoms with Gasteiger partial charge in [0.15, 0.2) is 0 Å². The summed E-state index contributed by atoms with van der Waals surface area (Å²) in [5, 5.41) is 1.22. The van der Waals surface area contributed by atoms with Crippen LogP contribution in [0.4, 0.5) is 0 Å². The van der Waals surface area contributed by atoms with E-state index >= 15 is 0 Å². The summed E-state index contributed by atoms with van der Waals surface area (Å²) in [6.45, 7) is 4.23. The van der Waals surface area contributed by atoms with E-state index in [1.54, 1.807) is 11.3 Å². The van der Waals surface area contributed by atoms with Gasteiger partial charge in [-0.25, -0.2) is 4.98 Å². The average molecular weight is 232 g/mol. The summed E-state index contributed by atoms with van der Waals surface area (Å²) in [5.74, 6) is 0. The number of hydrogen-bond acceptors (Lipinski definition) is 3. The minimum absolute atomic E-state index is 0.136. The van der Waals surface area contributed by atoms with Crippen molar-refractivity contribution in [3.05, 3.63) is 29.3 Å². The van der Waals surface area contributed by atoms with E-state index in [9.17, 15) is 0 Å². The lowest BCUT2D eigenvalue weighted by atomic mass is 9.85. The summed E-state index contributed by atoms with van der Waals surface area (Å²) in [6, 6.07) is 8.32. The molecule has 0 saturated heterocycles. The van der Waals surface area contributed by atoms with E-state index in [0.29, 0.717) is 0 Å². The lowest BCUT2D eigenvalue weighted by Gasteiger charge is -2.28. The van der Waals surface area contributed by atoms with Crippen LogP contribution in [0.25, 0.3) is 10.2 Å². The quantitative estimate of drug-likeness (QED) is 0.864. The lowest BCUT2D eigenvalue weighted by molar-refractivity contribution is 0.391. The molecule has 1 saturated carbocycles. The van der Waals surface area contributed by atoms with Gasteiger partial charge in [-0.15, -0.1) is 11.3 Å². The first-order valence-corrected chi connectivity index (χ1v) is 6.50. The third-order valence-electron chi connectivity index (χ3n) is 3.69. The molecule has 84 valence electrons. The van der Waals surface area contributed by atoms with E-state index in [0.717, 1.165) is 5.52 Å². The Morgan fingerprint density at radius 1 is 1.31 bits per heavy atom. The number of thiazole rings is 1. The van der Waals surface area contributed by atoms with Gasteiger partial charge in [0, 0.05) is 11.0 Å². The number of aromatic nitrogens is 1. The van der Waals surface area contributed by atoms with Gasteiger partial charge in [0.2, 0.25) is 0 Å². The molecule has 1 aromatic heterocycles. The maximum absolute atomic E-state index is 6.30. The van der Waals surface area contributed by atoms with E-state index in [-0.39, 0.29) is 11.0 Å². The van der Waals surface area contributed by atoms with Gasteiger partial charge in [-0.1, -0.05) is 12.1 Å². The van der Waals surface area contributed by atoms with Crippen LogP contribution in [0, 0.1) is 0 Å². The highest BCUT2D eigenvalue weighted by Crippen LogP contribution is 2.56. The van der Waals surface area contributed by atoms with Crippen molar-refractivity contribution >= 4 is 21.6 Å². The highest BCUT2D eigenvalue weighted by atomic mass is 32.1. The second-order valence-electron chi connectivity index (χ2n) is 5.29. The number of nitrogens with two attached hydrogens (primary N) is 1. The normalized spacial score (nSPS) is 18.9. The Kier molecular flexibility index (Phi) is 1.95. The zero-order valence-corrected chi connectivity index (χ0v) is 10.5. The van der Waals surface area contributed by atoms with Crippen LogP contribution in [0.3, 0.4) is 0 Å². The van der Waals surface area contributed by atoms with Crippen molar-refractivity contribution in [3.63, 3.8) is 0 Å². The third-order valence-corrected chi connectivity index (χ3v) is 4.93. The van der Waals surface area contributed by atoms with Gasteiger partial charge in [0.25, 0.3) is 0 Å². The topological polar surface area (TPSA) is 38.9 Å². The van der Waals surface area contributed by atoms with Crippen molar-refractivity contribution < 1.29 is 0 Å². The highest BCUT2D eigenvalue weighted by Gasteiger charge is 2.55. The standard InChI is InChI=1S/C13H16N2S/c1-12(2,14)13(7-8-13)11-15-9-5-3-4-6-10(9)16-11/h3-6H,7-8,14H2,1-2H3. The Morgan fingerprint density at radius 3 is 2.56 bits per heavy atom. The number of para-hydroxylation sites is 1. The summed E-state index contributed by atoms with van der Waals surface area (Å²) < 4.78 is 1.27. The fourth-order valence-electron chi connectivity index (χ4n) is 2.34. The van der Waals surface area contributed by atoms with Gasteiger partial charge in [0.1, 0.15) is 5.01 Å². The molecule has 0 aliphatic heterocycles. The molecule has 16 heavy (non-hydrogen) atoms. The van der Waals surface area contributed by atoms with Crippen LogP contribution in [-0.2, 0) is 5.41 Å². The molecule has 3 rings (SSSR count). The van der Waals surface area contributed by atoms with Crippen LogP contribution in [0.5, 0.6) is 0 Å². The smallest absolute Gasteiger partial charge is 0.102 e. The molecular weight excluding hydrogens is 216 g/mol. The molecule has 1 aromatic carbocycles. The molecule has 0 bridgehead atoms. The Labute approximate surface area is 99.5 Å². The molecular formula is C13H16N2S. The van der Waals surface area contributed by atoms with Gasteiger partial charge in [-0.05, 0) is 38.8 Å². The number of nitrogens with zero attached hydrogens (tertiary/aromatic N) is 1. The van der Waals surface area contributed by atoms with Gasteiger partial charge < -0.3 is 5.73 Å². The Hall–Kier alpha value is -0.930. The van der Waals surface area contributed by atoms with E-state index < -0.39 is 0 Å². The zero-order chi connectivity index (χ0) is 11.4. The van der Waals surface area contributed by atoms with E-state index in [2.05, 4.69) is 32.0 Å². The molecule has 1 heterocycles. The molecule has 1 aliphatic rings. The predicted molar refractivity (Wildman–Crippen MR) is 68.8 cm³/mol. The largest absolute Gasteiger partial charge is 0.325 e. The van der Waals surface area contributed by atoms with Crippen LogP contribution in [0.15, 0.2) is 24.3 Å². The predicted octanol–water partition coefficient (Wildman–Crippen LogP) is 3.07. The second kappa shape index (κ2) is 3.05. The molecule has 1 aliphatic carbocycles. The first kappa shape index (κ1) is 10.2. The monoisotopic (exact) mass is 232 g/mol. The summed E-state index contributed by atoms with van der Waals surface area (Å²) in [6.07, 6.45) is 2.35. The maximum atomic E-state index is 6.30. The van der Waals surface area contributed by atoms with Crippen LogP contribution in [0.1, 0.15) is 31.7 Å². The van der Waals surface area contributed by atoms with Crippen LogP contribution in [0.2, 0.25) is 0 Å². The summed E-state index contributed by atoms with van der Waals surface area (Å²) in [7, 11) is 0. The number of benzene rings is 1. The van der Waals surface area contributed by atoms with Crippen LogP contribution >= 0.6 is 11.3 Å². The van der Waals surface area contributed by atoms with Crippen molar-refractivity contribution in [2.75, 3.05) is 0 Å². The summed E-state index contributed by atoms with van der Waals surface area (Å²) >= 11 is 1.80. The second-order valence-corrected chi connectivity index (χ2v) is 6.32. The Morgan fingerprint density at radius 2 is 2.00 bits per heavy atom. The van der Waals surface area contributed by atoms with E-state index in [4.69, 9.17) is 10.7 Å². The van der Waals surface area contributed by atoms with E-state index in [1.165, 1.54) is 22.5 Å². The van der Waals surface area contributed by atoms with Gasteiger partial charge in [-0.2, -0.15) is 0 Å². The molecule has 2 nitrogen and oxygen atoms in total.